The van der Waals surface area contributed by atoms with Crippen molar-refractivity contribution in [1.29, 1.82) is 0 Å². The molecule has 0 aliphatic heterocycles. The van der Waals surface area contributed by atoms with Crippen molar-refractivity contribution in [3.63, 3.8) is 0 Å². The van der Waals surface area contributed by atoms with Crippen LogP contribution < -0.4 is 30.0 Å². The number of benzene rings is 2. The summed E-state index contributed by atoms with van der Waals surface area (Å²) >= 11 is 0. The number of aromatic nitrogens is 1. The van der Waals surface area contributed by atoms with Crippen LogP contribution in [0.4, 0.5) is 5.69 Å². The van der Waals surface area contributed by atoms with Gasteiger partial charge in [0.05, 0.1) is 51.9 Å². The fourth-order valence-corrected chi connectivity index (χ4v) is 3.44. The zero-order valence-electron chi connectivity index (χ0n) is 19.6. The molecule has 0 saturated carbocycles. The second-order valence-corrected chi connectivity index (χ2v) is 7.63. The molecule has 33 heavy (non-hydrogen) atoms. The molecule has 9 heteroatoms. The third-order valence-corrected chi connectivity index (χ3v) is 5.29. The number of anilines is 1. The van der Waals surface area contributed by atoms with Crippen LogP contribution in [0.15, 0.2) is 41.1 Å². The van der Waals surface area contributed by atoms with Crippen molar-refractivity contribution in [3.8, 4) is 45.4 Å². The molecule has 1 amide bonds. The van der Waals surface area contributed by atoms with Gasteiger partial charge < -0.3 is 34.5 Å². The molecular formula is C24H29N3O6. The molecular weight excluding hydrogens is 426 g/mol. The van der Waals surface area contributed by atoms with Gasteiger partial charge in [0.25, 0.3) is 0 Å². The number of ether oxygens (including phenoxy) is 4. The van der Waals surface area contributed by atoms with Gasteiger partial charge in [0.2, 0.25) is 11.7 Å². The Morgan fingerprint density at radius 2 is 1.61 bits per heavy atom. The van der Waals surface area contributed by atoms with Crippen LogP contribution in [0.5, 0.6) is 23.0 Å². The maximum atomic E-state index is 12.5. The fourth-order valence-electron chi connectivity index (χ4n) is 3.44. The zero-order valence-corrected chi connectivity index (χ0v) is 19.6. The van der Waals surface area contributed by atoms with Gasteiger partial charge >= 0.3 is 0 Å². The molecule has 0 aliphatic rings. The van der Waals surface area contributed by atoms with Crippen molar-refractivity contribution in [2.45, 2.75) is 19.9 Å². The van der Waals surface area contributed by atoms with Crippen LogP contribution >= 0.6 is 0 Å². The number of hydrogen-bond donors (Lipinski definition) is 2. The molecule has 176 valence electrons. The van der Waals surface area contributed by atoms with Crippen LogP contribution in [0.3, 0.4) is 0 Å². The van der Waals surface area contributed by atoms with Gasteiger partial charge in [0, 0.05) is 11.1 Å². The van der Waals surface area contributed by atoms with Crippen molar-refractivity contribution < 1.29 is 28.3 Å². The van der Waals surface area contributed by atoms with E-state index < -0.39 is 6.04 Å². The summed E-state index contributed by atoms with van der Waals surface area (Å²) in [5.41, 5.74) is 8.49. The highest BCUT2D eigenvalue weighted by molar-refractivity contribution is 5.98. The van der Waals surface area contributed by atoms with Crippen molar-refractivity contribution in [2.24, 2.45) is 11.7 Å². The number of amides is 1. The average molecular weight is 456 g/mol. The first-order valence-electron chi connectivity index (χ1n) is 10.3. The topological polar surface area (TPSA) is 118 Å². The molecule has 0 aliphatic carbocycles. The first-order valence-corrected chi connectivity index (χ1v) is 10.3. The second-order valence-electron chi connectivity index (χ2n) is 7.63. The van der Waals surface area contributed by atoms with Crippen LogP contribution in [-0.4, -0.2) is 45.5 Å². The largest absolute Gasteiger partial charge is 0.494 e. The Morgan fingerprint density at radius 3 is 2.15 bits per heavy atom. The van der Waals surface area contributed by atoms with E-state index in [1.165, 1.54) is 14.2 Å². The second kappa shape index (κ2) is 10.3. The van der Waals surface area contributed by atoms with Crippen molar-refractivity contribution in [3.05, 3.63) is 36.5 Å². The minimum absolute atomic E-state index is 0.0103. The van der Waals surface area contributed by atoms with E-state index in [0.717, 1.165) is 0 Å². The summed E-state index contributed by atoms with van der Waals surface area (Å²) in [5, 5.41) is 6.85. The van der Waals surface area contributed by atoms with Crippen LogP contribution in [0.1, 0.15) is 13.8 Å². The van der Waals surface area contributed by atoms with Gasteiger partial charge in [-0.05, 0) is 24.1 Å². The summed E-state index contributed by atoms with van der Waals surface area (Å²) in [5.74, 6) is 2.04. The number of carbonyl (C=O) groups excluding carboxylic acids is 1. The van der Waals surface area contributed by atoms with Gasteiger partial charge in [-0.25, -0.2) is 0 Å². The minimum Gasteiger partial charge on any atom is -0.494 e. The quantitative estimate of drug-likeness (QED) is 0.498. The first-order chi connectivity index (χ1) is 15.9. The van der Waals surface area contributed by atoms with Crippen LogP contribution in [0.25, 0.3) is 22.5 Å². The molecule has 0 saturated heterocycles. The monoisotopic (exact) mass is 455 g/mol. The number of para-hydroxylation sites is 1. The third kappa shape index (κ3) is 4.73. The first kappa shape index (κ1) is 23.9. The SMILES string of the molecule is COc1cc(-c2oncc2-c2cccc(NC(=O)C(N)C(C)C)c2OC)cc(OC)c1OC. The molecule has 9 nitrogen and oxygen atoms in total. The molecule has 1 unspecified atom stereocenters. The molecule has 3 N–H and O–H groups in total. The lowest BCUT2D eigenvalue weighted by atomic mass is 9.99. The molecule has 1 atom stereocenters. The minimum atomic E-state index is -0.649. The standard InChI is InChI=1S/C24H29N3O6/c1-13(2)20(25)24(28)27-17-9-7-8-15(22(17)31-5)16-12-26-33-21(16)14-10-18(29-3)23(32-6)19(11-14)30-4/h7-13,20H,25H2,1-6H3,(H,27,28). The third-order valence-electron chi connectivity index (χ3n) is 5.29. The Hall–Kier alpha value is -3.72. The fraction of sp³-hybridized carbons (Fsp3) is 0.333. The summed E-state index contributed by atoms with van der Waals surface area (Å²) in [6.07, 6.45) is 1.59. The predicted octanol–water partition coefficient (Wildman–Crippen LogP) is 3.96. The van der Waals surface area contributed by atoms with Crippen molar-refractivity contribution in [2.75, 3.05) is 33.8 Å². The summed E-state index contributed by atoms with van der Waals surface area (Å²) in [6, 6.07) is 8.30. The normalized spacial score (nSPS) is 11.8. The van der Waals surface area contributed by atoms with E-state index in [9.17, 15) is 4.79 Å². The van der Waals surface area contributed by atoms with E-state index in [1.54, 1.807) is 44.7 Å². The molecule has 3 rings (SSSR count). The van der Waals surface area contributed by atoms with Gasteiger partial charge in [-0.2, -0.15) is 0 Å². The lowest BCUT2D eigenvalue weighted by Crippen LogP contribution is -2.39. The summed E-state index contributed by atoms with van der Waals surface area (Å²) in [4.78, 5) is 12.5. The number of hydrogen-bond acceptors (Lipinski definition) is 8. The Balaban J connectivity index is 2.10. The molecule has 3 aromatic rings. The van der Waals surface area contributed by atoms with Gasteiger partial charge in [0.15, 0.2) is 17.3 Å². The average Bonchev–Trinajstić information content (AvgIpc) is 3.31. The van der Waals surface area contributed by atoms with E-state index in [2.05, 4.69) is 10.5 Å². The number of rotatable bonds is 9. The van der Waals surface area contributed by atoms with Crippen LogP contribution in [-0.2, 0) is 4.79 Å². The number of nitrogens with two attached hydrogens (primary N) is 1. The lowest BCUT2D eigenvalue weighted by molar-refractivity contribution is -0.118. The van der Waals surface area contributed by atoms with E-state index >= 15 is 0 Å². The highest BCUT2D eigenvalue weighted by atomic mass is 16.5. The van der Waals surface area contributed by atoms with Crippen molar-refractivity contribution in [1.82, 2.24) is 5.16 Å². The Kier molecular flexibility index (Phi) is 7.44. The van der Waals surface area contributed by atoms with Crippen LogP contribution in [0.2, 0.25) is 0 Å². The maximum Gasteiger partial charge on any atom is 0.241 e. The maximum absolute atomic E-state index is 12.5. The van der Waals surface area contributed by atoms with E-state index in [1.807, 2.05) is 19.9 Å². The molecule has 0 fully saturated rings. The Bertz CT molecular complexity index is 1100. The predicted molar refractivity (Wildman–Crippen MR) is 125 cm³/mol. The van der Waals surface area contributed by atoms with Gasteiger partial charge in [0.1, 0.15) is 5.75 Å². The molecule has 2 aromatic carbocycles. The van der Waals surface area contributed by atoms with Crippen molar-refractivity contribution >= 4 is 11.6 Å². The Morgan fingerprint density at radius 1 is 0.970 bits per heavy atom. The summed E-state index contributed by atoms with van der Waals surface area (Å²) in [7, 11) is 6.15. The molecule has 0 spiro atoms. The van der Waals surface area contributed by atoms with Gasteiger partial charge in [-0.15, -0.1) is 0 Å². The molecule has 0 radical (unpaired) electrons. The highest BCUT2D eigenvalue weighted by Gasteiger charge is 2.24. The lowest BCUT2D eigenvalue weighted by Gasteiger charge is -2.18. The number of methoxy groups -OCH3 is 4. The number of carbonyl (C=O) groups is 1. The summed E-state index contributed by atoms with van der Waals surface area (Å²) < 4.78 is 27.6. The van der Waals surface area contributed by atoms with Gasteiger partial charge in [-0.1, -0.05) is 31.1 Å². The number of nitrogens with zero attached hydrogens (tertiary/aromatic N) is 1. The smallest absolute Gasteiger partial charge is 0.241 e. The van der Waals surface area contributed by atoms with Gasteiger partial charge in [-0.3, -0.25) is 4.79 Å². The molecule has 1 heterocycles. The zero-order chi connectivity index (χ0) is 24.1. The highest BCUT2D eigenvalue weighted by Crippen LogP contribution is 2.45. The van der Waals surface area contributed by atoms with E-state index in [4.69, 9.17) is 29.2 Å². The summed E-state index contributed by atoms with van der Waals surface area (Å²) in [6.45, 7) is 3.78. The Labute approximate surface area is 192 Å². The molecule has 1 aromatic heterocycles. The van der Waals surface area contributed by atoms with E-state index in [0.29, 0.717) is 51.1 Å². The van der Waals surface area contributed by atoms with Crippen LogP contribution in [0, 0.1) is 5.92 Å². The molecule has 0 bridgehead atoms. The number of nitrogens with one attached hydrogen (secondary N) is 1. The van der Waals surface area contributed by atoms with E-state index in [-0.39, 0.29) is 11.8 Å².